The van der Waals surface area contributed by atoms with Crippen molar-refractivity contribution in [1.82, 2.24) is 10.3 Å². The van der Waals surface area contributed by atoms with E-state index in [1.165, 1.54) is 12.8 Å². The summed E-state index contributed by atoms with van der Waals surface area (Å²) in [5.74, 6) is 1.02. The number of rotatable bonds is 8. The lowest BCUT2D eigenvalue weighted by Gasteiger charge is -2.03. The van der Waals surface area contributed by atoms with Gasteiger partial charge >= 0.3 is 0 Å². The molecule has 1 rings (SSSR count). The molecule has 0 bridgehead atoms. The van der Waals surface area contributed by atoms with Gasteiger partial charge in [-0.15, -0.1) is 0 Å². The maximum Gasteiger partial charge on any atom is 0.181 e. The first-order valence-corrected chi connectivity index (χ1v) is 5.49. The molecule has 0 radical (unpaired) electrons. The second-order valence-electron chi connectivity index (χ2n) is 3.50. The predicted octanol–water partition coefficient (Wildman–Crippen LogP) is 1.75. The fourth-order valence-electron chi connectivity index (χ4n) is 1.36. The molecule has 1 heterocycles. The number of nitrogens with zero attached hydrogens (tertiary/aromatic N) is 1. The van der Waals surface area contributed by atoms with Crippen LogP contribution in [-0.4, -0.2) is 25.2 Å². The lowest BCUT2D eigenvalue weighted by molar-refractivity contribution is 0.199. The van der Waals surface area contributed by atoms with Gasteiger partial charge in [-0.05, 0) is 6.42 Å². The maximum atomic E-state index is 5.34. The molecule has 0 unspecified atom stereocenters. The first-order chi connectivity index (χ1) is 7.38. The van der Waals surface area contributed by atoms with Crippen LogP contribution in [-0.2, 0) is 17.7 Å². The molecule has 1 aromatic rings. The molecule has 0 aromatic carbocycles. The van der Waals surface area contributed by atoms with Crippen molar-refractivity contribution in [2.45, 2.75) is 32.7 Å². The molecule has 0 saturated heterocycles. The van der Waals surface area contributed by atoms with Crippen LogP contribution in [0, 0.1) is 0 Å². The van der Waals surface area contributed by atoms with E-state index in [2.05, 4.69) is 17.2 Å². The van der Waals surface area contributed by atoms with Gasteiger partial charge in [0, 0.05) is 26.6 Å². The number of ether oxygens (including phenoxy) is 1. The van der Waals surface area contributed by atoms with Crippen LogP contribution < -0.4 is 5.32 Å². The molecule has 4 nitrogen and oxygen atoms in total. The Morgan fingerprint density at radius 2 is 2.40 bits per heavy atom. The molecule has 15 heavy (non-hydrogen) atoms. The monoisotopic (exact) mass is 212 g/mol. The highest BCUT2D eigenvalue weighted by molar-refractivity contribution is 5.06. The van der Waals surface area contributed by atoms with Crippen molar-refractivity contribution in [2.75, 3.05) is 20.3 Å². The molecule has 4 heteroatoms. The van der Waals surface area contributed by atoms with Crippen molar-refractivity contribution >= 4 is 0 Å². The van der Waals surface area contributed by atoms with E-state index in [1.54, 1.807) is 7.11 Å². The van der Waals surface area contributed by atoms with Crippen LogP contribution in [0.1, 0.15) is 31.2 Å². The van der Waals surface area contributed by atoms with Gasteiger partial charge in [0.2, 0.25) is 0 Å². The highest BCUT2D eigenvalue weighted by Crippen LogP contribution is 2.10. The van der Waals surface area contributed by atoms with Crippen molar-refractivity contribution < 1.29 is 9.15 Å². The van der Waals surface area contributed by atoms with Crippen molar-refractivity contribution in [3.63, 3.8) is 0 Å². The molecular weight excluding hydrogens is 192 g/mol. The average molecular weight is 212 g/mol. The SMILES string of the molecule is CCCCc1ocnc1CNCCOC. The Bertz CT molecular complexity index is 261. The van der Waals surface area contributed by atoms with E-state index in [4.69, 9.17) is 9.15 Å². The van der Waals surface area contributed by atoms with Gasteiger partial charge < -0.3 is 14.5 Å². The second-order valence-corrected chi connectivity index (χ2v) is 3.50. The Morgan fingerprint density at radius 3 is 3.13 bits per heavy atom. The lowest BCUT2D eigenvalue weighted by atomic mass is 10.2. The summed E-state index contributed by atoms with van der Waals surface area (Å²) in [6, 6.07) is 0. The van der Waals surface area contributed by atoms with Crippen molar-refractivity contribution in [3.8, 4) is 0 Å². The maximum absolute atomic E-state index is 5.34. The van der Waals surface area contributed by atoms with Crippen LogP contribution in [0.4, 0.5) is 0 Å². The van der Waals surface area contributed by atoms with Crippen LogP contribution >= 0.6 is 0 Å². The average Bonchev–Trinajstić information content (AvgIpc) is 2.69. The normalized spacial score (nSPS) is 10.8. The second kappa shape index (κ2) is 7.43. The number of hydrogen-bond acceptors (Lipinski definition) is 4. The molecule has 1 N–H and O–H groups in total. The number of oxazole rings is 1. The molecule has 0 fully saturated rings. The van der Waals surface area contributed by atoms with Crippen LogP contribution in [0.3, 0.4) is 0 Å². The molecule has 0 aliphatic heterocycles. The molecule has 0 atom stereocenters. The third-order valence-corrected chi connectivity index (χ3v) is 2.26. The number of methoxy groups -OCH3 is 1. The molecule has 0 amide bonds. The van der Waals surface area contributed by atoms with Crippen LogP contribution in [0.15, 0.2) is 10.8 Å². The summed E-state index contributed by atoms with van der Waals surface area (Å²) >= 11 is 0. The third kappa shape index (κ3) is 4.44. The van der Waals surface area contributed by atoms with E-state index in [0.29, 0.717) is 0 Å². The molecule has 86 valence electrons. The van der Waals surface area contributed by atoms with E-state index in [-0.39, 0.29) is 0 Å². The number of nitrogens with one attached hydrogen (secondary N) is 1. The van der Waals surface area contributed by atoms with Gasteiger partial charge in [0.1, 0.15) is 5.76 Å². The fourth-order valence-corrected chi connectivity index (χ4v) is 1.36. The minimum absolute atomic E-state index is 0.724. The molecule has 0 spiro atoms. The number of hydrogen-bond donors (Lipinski definition) is 1. The quantitative estimate of drug-likeness (QED) is 0.667. The molecule has 0 saturated carbocycles. The van der Waals surface area contributed by atoms with Gasteiger partial charge in [-0.1, -0.05) is 13.3 Å². The smallest absolute Gasteiger partial charge is 0.181 e. The van der Waals surface area contributed by atoms with Crippen molar-refractivity contribution in [1.29, 1.82) is 0 Å². The van der Waals surface area contributed by atoms with E-state index in [0.717, 1.165) is 44.0 Å². The number of aryl methyl sites for hydroxylation is 1. The molecular formula is C11H20N2O2. The highest BCUT2D eigenvalue weighted by atomic mass is 16.5. The summed E-state index contributed by atoms with van der Waals surface area (Å²) in [6.45, 7) is 4.50. The zero-order valence-corrected chi connectivity index (χ0v) is 9.58. The minimum Gasteiger partial charge on any atom is -0.448 e. The molecule has 0 aliphatic rings. The first-order valence-electron chi connectivity index (χ1n) is 5.49. The van der Waals surface area contributed by atoms with Gasteiger partial charge in [0.05, 0.1) is 12.3 Å². The van der Waals surface area contributed by atoms with Crippen molar-refractivity contribution in [2.24, 2.45) is 0 Å². The van der Waals surface area contributed by atoms with Crippen LogP contribution in [0.25, 0.3) is 0 Å². The summed E-state index contributed by atoms with van der Waals surface area (Å²) in [5.41, 5.74) is 1.03. The summed E-state index contributed by atoms with van der Waals surface area (Å²) in [5, 5.41) is 3.26. The lowest BCUT2D eigenvalue weighted by Crippen LogP contribution is -2.19. The zero-order chi connectivity index (χ0) is 10.9. The van der Waals surface area contributed by atoms with E-state index < -0.39 is 0 Å². The predicted molar refractivity (Wildman–Crippen MR) is 58.7 cm³/mol. The zero-order valence-electron chi connectivity index (χ0n) is 9.58. The first kappa shape index (κ1) is 12.2. The van der Waals surface area contributed by atoms with Gasteiger partial charge in [-0.2, -0.15) is 0 Å². The minimum atomic E-state index is 0.724. The molecule has 0 aliphatic carbocycles. The Labute approximate surface area is 91.0 Å². The Hall–Kier alpha value is -0.870. The van der Waals surface area contributed by atoms with E-state index in [1.807, 2.05) is 0 Å². The summed E-state index contributed by atoms with van der Waals surface area (Å²) in [4.78, 5) is 4.20. The fraction of sp³-hybridized carbons (Fsp3) is 0.727. The summed E-state index contributed by atoms with van der Waals surface area (Å²) in [7, 11) is 1.70. The van der Waals surface area contributed by atoms with Crippen molar-refractivity contribution in [3.05, 3.63) is 17.8 Å². The van der Waals surface area contributed by atoms with Gasteiger partial charge in [0.25, 0.3) is 0 Å². The third-order valence-electron chi connectivity index (χ3n) is 2.26. The topological polar surface area (TPSA) is 47.3 Å². The molecule has 1 aromatic heterocycles. The van der Waals surface area contributed by atoms with Gasteiger partial charge in [0.15, 0.2) is 6.39 Å². The number of aromatic nitrogens is 1. The van der Waals surface area contributed by atoms with Gasteiger partial charge in [-0.25, -0.2) is 4.98 Å². The van der Waals surface area contributed by atoms with E-state index >= 15 is 0 Å². The Morgan fingerprint density at radius 1 is 1.53 bits per heavy atom. The Kier molecular flexibility index (Phi) is 6.04. The van der Waals surface area contributed by atoms with E-state index in [9.17, 15) is 0 Å². The van der Waals surface area contributed by atoms with Gasteiger partial charge in [-0.3, -0.25) is 0 Å². The summed E-state index contributed by atoms with van der Waals surface area (Å²) < 4.78 is 10.3. The van der Waals surface area contributed by atoms with Crippen LogP contribution in [0.2, 0.25) is 0 Å². The summed E-state index contributed by atoms with van der Waals surface area (Å²) in [6.07, 6.45) is 4.84. The van der Waals surface area contributed by atoms with Crippen LogP contribution in [0.5, 0.6) is 0 Å². The largest absolute Gasteiger partial charge is 0.448 e. The number of unbranched alkanes of at least 4 members (excludes halogenated alkanes) is 1. The standard InChI is InChI=1S/C11H20N2O2/c1-3-4-5-11-10(13-9-15-11)8-12-6-7-14-2/h9,12H,3-8H2,1-2H3. The highest BCUT2D eigenvalue weighted by Gasteiger charge is 2.06. The Balaban J connectivity index is 2.29.